The molecule has 0 saturated carbocycles. The molecule has 3 aromatic rings. The molecule has 0 spiro atoms. The van der Waals surface area contributed by atoms with Crippen LogP contribution in [0.3, 0.4) is 0 Å². The van der Waals surface area contributed by atoms with Gasteiger partial charge < -0.3 is 39.9 Å². The molecule has 2 aromatic heterocycles. The van der Waals surface area contributed by atoms with Crippen LogP contribution >= 0.6 is 0 Å². The van der Waals surface area contributed by atoms with Crippen LogP contribution in [-0.2, 0) is 4.74 Å². The number of rotatable bonds is 4. The molecule has 1 fully saturated rings. The molecular weight excluding hydrogens is 380 g/mol. The topological polar surface area (TPSA) is 148 Å². The molecular formula is C20H22N2O7. The van der Waals surface area contributed by atoms with E-state index in [1.807, 2.05) is 6.92 Å². The fraction of sp³-hybridized carbons (Fsp3) is 0.350. The van der Waals surface area contributed by atoms with Crippen molar-refractivity contribution in [2.45, 2.75) is 37.6 Å². The number of ether oxygens (including phenoxy) is 1. The summed E-state index contributed by atoms with van der Waals surface area (Å²) in [6.07, 6.45) is -3.56. The molecule has 6 N–H and O–H groups in total. The fourth-order valence-corrected chi connectivity index (χ4v) is 3.69. The van der Waals surface area contributed by atoms with Crippen LogP contribution < -0.4 is 10.9 Å². The minimum Gasteiger partial charge on any atom is -0.422 e. The standard InChI is InChI=1S/C20H22N2O7/c1-9-11-5-4-10(22-16-18(25)17(24)14(8-23)29-20(16)27)7-13(11)28-19(26)15(9)12-3-2-6-21-12/h2-7,14,16-18,20-25,27H,8H2,1H3/t14?,16?,17-,18?,20?/m0/s1. The van der Waals surface area contributed by atoms with Gasteiger partial charge in [0.15, 0.2) is 6.29 Å². The lowest BCUT2D eigenvalue weighted by molar-refractivity contribution is -0.245. The van der Waals surface area contributed by atoms with E-state index in [9.17, 15) is 20.1 Å². The predicted molar refractivity (Wildman–Crippen MR) is 104 cm³/mol. The number of anilines is 1. The summed E-state index contributed by atoms with van der Waals surface area (Å²) < 4.78 is 10.6. The van der Waals surface area contributed by atoms with Gasteiger partial charge in [0.25, 0.3) is 0 Å². The van der Waals surface area contributed by atoms with Gasteiger partial charge in [0, 0.05) is 23.3 Å². The molecule has 0 bridgehead atoms. The van der Waals surface area contributed by atoms with Gasteiger partial charge in [0.05, 0.1) is 17.9 Å². The highest BCUT2D eigenvalue weighted by Gasteiger charge is 2.43. The van der Waals surface area contributed by atoms with Crippen LogP contribution in [0.25, 0.3) is 22.2 Å². The quantitative estimate of drug-likeness (QED) is 0.342. The van der Waals surface area contributed by atoms with E-state index in [4.69, 9.17) is 14.3 Å². The lowest BCUT2D eigenvalue weighted by Gasteiger charge is -2.40. The van der Waals surface area contributed by atoms with Crippen molar-refractivity contribution in [3.05, 3.63) is 52.5 Å². The highest BCUT2D eigenvalue weighted by atomic mass is 16.6. The Morgan fingerprint density at radius 3 is 2.66 bits per heavy atom. The molecule has 0 amide bonds. The average molecular weight is 402 g/mol. The summed E-state index contributed by atoms with van der Waals surface area (Å²) in [7, 11) is 0. The number of nitrogens with one attached hydrogen (secondary N) is 2. The molecule has 0 aliphatic carbocycles. The van der Waals surface area contributed by atoms with Crippen LogP contribution in [0.1, 0.15) is 5.56 Å². The van der Waals surface area contributed by atoms with E-state index in [1.54, 1.807) is 36.5 Å². The SMILES string of the molecule is Cc1c(-c2ccc[nH]2)c(=O)oc2cc(NC3C(O)OC(CO)[C@H](O)C3O)ccc12. The van der Waals surface area contributed by atoms with Crippen molar-refractivity contribution < 1.29 is 29.6 Å². The van der Waals surface area contributed by atoms with Crippen molar-refractivity contribution in [1.29, 1.82) is 0 Å². The molecule has 9 nitrogen and oxygen atoms in total. The molecule has 3 heterocycles. The first-order valence-electron chi connectivity index (χ1n) is 9.19. The van der Waals surface area contributed by atoms with Crippen LogP contribution in [0.4, 0.5) is 5.69 Å². The maximum atomic E-state index is 12.5. The number of hydrogen-bond donors (Lipinski definition) is 6. The minimum absolute atomic E-state index is 0.335. The van der Waals surface area contributed by atoms with Gasteiger partial charge in [-0.1, -0.05) is 0 Å². The van der Waals surface area contributed by atoms with Crippen LogP contribution in [0, 0.1) is 6.92 Å². The number of hydrogen-bond acceptors (Lipinski definition) is 8. The lowest BCUT2D eigenvalue weighted by atomic mass is 9.96. The Hall–Kier alpha value is -2.69. The average Bonchev–Trinajstić information content (AvgIpc) is 3.22. The van der Waals surface area contributed by atoms with E-state index in [1.165, 1.54) is 0 Å². The van der Waals surface area contributed by atoms with Crippen molar-refractivity contribution >= 4 is 16.7 Å². The molecule has 0 radical (unpaired) electrons. The van der Waals surface area contributed by atoms with E-state index in [0.717, 1.165) is 10.9 Å². The molecule has 9 heteroatoms. The smallest absolute Gasteiger partial charge is 0.345 e. The first kappa shape index (κ1) is 19.6. The number of aromatic amines is 1. The second-order valence-electron chi connectivity index (χ2n) is 7.08. The summed E-state index contributed by atoms with van der Waals surface area (Å²) >= 11 is 0. The van der Waals surface area contributed by atoms with E-state index < -0.39 is 42.9 Å². The molecule has 154 valence electrons. The number of aliphatic hydroxyl groups is 4. The lowest BCUT2D eigenvalue weighted by Crippen LogP contribution is -2.61. The van der Waals surface area contributed by atoms with Crippen molar-refractivity contribution in [3.8, 4) is 11.3 Å². The Morgan fingerprint density at radius 1 is 1.17 bits per heavy atom. The summed E-state index contributed by atoms with van der Waals surface area (Å²) in [4.78, 5) is 15.5. The second kappa shape index (κ2) is 7.62. The number of benzene rings is 1. The molecule has 29 heavy (non-hydrogen) atoms. The van der Waals surface area contributed by atoms with Crippen LogP contribution in [-0.4, -0.2) is 62.7 Å². The van der Waals surface area contributed by atoms with Gasteiger partial charge in [-0.15, -0.1) is 0 Å². The molecule has 4 unspecified atom stereocenters. The summed E-state index contributed by atoms with van der Waals surface area (Å²) in [5, 5.41) is 43.2. The summed E-state index contributed by atoms with van der Waals surface area (Å²) in [5.41, 5.74) is 2.17. The zero-order valence-corrected chi connectivity index (χ0v) is 15.6. The van der Waals surface area contributed by atoms with Gasteiger partial charge in [-0.2, -0.15) is 0 Å². The third kappa shape index (κ3) is 3.43. The van der Waals surface area contributed by atoms with Gasteiger partial charge in [0.2, 0.25) is 0 Å². The number of aliphatic hydroxyl groups excluding tert-OH is 4. The van der Waals surface area contributed by atoms with Gasteiger partial charge >= 0.3 is 5.63 Å². The maximum absolute atomic E-state index is 12.5. The Balaban J connectivity index is 1.66. The highest BCUT2D eigenvalue weighted by Crippen LogP contribution is 2.29. The van der Waals surface area contributed by atoms with Crippen LogP contribution in [0.15, 0.2) is 45.7 Å². The molecule has 5 atom stereocenters. The minimum atomic E-state index is -1.45. The highest BCUT2D eigenvalue weighted by molar-refractivity contribution is 5.88. The Kier molecular flexibility index (Phi) is 5.15. The molecule has 1 aliphatic rings. The number of H-pyrrole nitrogens is 1. The van der Waals surface area contributed by atoms with Gasteiger partial charge in [-0.25, -0.2) is 4.79 Å². The molecule has 1 aliphatic heterocycles. The Labute approximate surface area is 165 Å². The first-order chi connectivity index (χ1) is 13.9. The van der Waals surface area contributed by atoms with Crippen molar-refractivity contribution in [3.63, 3.8) is 0 Å². The monoisotopic (exact) mass is 402 g/mol. The van der Waals surface area contributed by atoms with Crippen LogP contribution in [0.2, 0.25) is 0 Å². The predicted octanol–water partition coefficient (Wildman–Crippen LogP) is 0.308. The maximum Gasteiger partial charge on any atom is 0.345 e. The Morgan fingerprint density at radius 2 is 1.97 bits per heavy atom. The zero-order chi connectivity index (χ0) is 20.7. The number of aromatic nitrogens is 1. The number of aryl methyl sites for hydroxylation is 1. The van der Waals surface area contributed by atoms with Gasteiger partial charge in [0.1, 0.15) is 29.9 Å². The molecule has 1 aromatic carbocycles. The third-order valence-electron chi connectivity index (χ3n) is 5.27. The van der Waals surface area contributed by atoms with Crippen LogP contribution in [0.5, 0.6) is 0 Å². The van der Waals surface area contributed by atoms with Crippen molar-refractivity contribution in [2.24, 2.45) is 0 Å². The molecule has 1 saturated heterocycles. The fourth-order valence-electron chi connectivity index (χ4n) is 3.69. The van der Waals surface area contributed by atoms with Gasteiger partial charge in [-0.05, 0) is 36.8 Å². The van der Waals surface area contributed by atoms with Crippen molar-refractivity contribution in [2.75, 3.05) is 11.9 Å². The van der Waals surface area contributed by atoms with Gasteiger partial charge in [-0.3, -0.25) is 0 Å². The van der Waals surface area contributed by atoms with E-state index >= 15 is 0 Å². The summed E-state index contributed by atoms with van der Waals surface area (Å²) in [6.45, 7) is 1.29. The van der Waals surface area contributed by atoms with E-state index in [0.29, 0.717) is 22.5 Å². The van der Waals surface area contributed by atoms with E-state index in [-0.39, 0.29) is 0 Å². The number of fused-ring (bicyclic) bond motifs is 1. The van der Waals surface area contributed by atoms with Crippen molar-refractivity contribution in [1.82, 2.24) is 4.98 Å². The second-order valence-corrected chi connectivity index (χ2v) is 7.08. The normalized spacial score (nSPS) is 27.3. The Bertz CT molecular complexity index is 1060. The van der Waals surface area contributed by atoms with E-state index in [2.05, 4.69) is 10.3 Å². The molecule has 4 rings (SSSR count). The summed E-state index contributed by atoms with van der Waals surface area (Å²) in [5.74, 6) is 0. The zero-order valence-electron chi connectivity index (χ0n) is 15.6. The third-order valence-corrected chi connectivity index (χ3v) is 5.27. The summed E-state index contributed by atoms with van der Waals surface area (Å²) in [6, 6.07) is 7.58. The largest absolute Gasteiger partial charge is 0.422 e. The first-order valence-corrected chi connectivity index (χ1v) is 9.19.